The first kappa shape index (κ1) is 16.7. The molecular formula is C15H16Br2ClN3. The molecule has 0 fully saturated rings. The second-order valence-electron chi connectivity index (χ2n) is 4.68. The van der Waals surface area contributed by atoms with Gasteiger partial charge in [0.05, 0.1) is 0 Å². The van der Waals surface area contributed by atoms with Crippen LogP contribution in [0.15, 0.2) is 30.3 Å². The summed E-state index contributed by atoms with van der Waals surface area (Å²) in [6.07, 6.45) is 0.765. The minimum Gasteiger partial charge on any atom is -0.366 e. The molecule has 0 unspecified atom stereocenters. The summed E-state index contributed by atoms with van der Waals surface area (Å²) in [5.74, 6) is 1.48. The predicted molar refractivity (Wildman–Crippen MR) is 95.8 cm³/mol. The molecule has 112 valence electrons. The van der Waals surface area contributed by atoms with Gasteiger partial charge in [-0.1, -0.05) is 73.8 Å². The number of anilines is 1. The number of hydrogen-bond acceptors (Lipinski definition) is 3. The zero-order chi connectivity index (χ0) is 15.2. The van der Waals surface area contributed by atoms with Crippen molar-refractivity contribution in [1.82, 2.24) is 9.97 Å². The van der Waals surface area contributed by atoms with E-state index in [2.05, 4.69) is 59.3 Å². The Morgan fingerprint density at radius 3 is 2.62 bits per heavy atom. The van der Waals surface area contributed by atoms with Crippen molar-refractivity contribution in [3.8, 4) is 0 Å². The van der Waals surface area contributed by atoms with Gasteiger partial charge in [0, 0.05) is 22.3 Å². The van der Waals surface area contributed by atoms with Crippen molar-refractivity contribution in [1.29, 1.82) is 0 Å². The molecule has 2 aromatic rings. The largest absolute Gasteiger partial charge is 0.366 e. The van der Waals surface area contributed by atoms with E-state index in [4.69, 9.17) is 11.6 Å². The highest BCUT2D eigenvalue weighted by atomic mass is 79.9. The summed E-state index contributed by atoms with van der Waals surface area (Å²) in [4.78, 5) is 9.04. The minimum atomic E-state index is 0.290. The molecule has 1 atom stereocenters. The Labute approximate surface area is 146 Å². The summed E-state index contributed by atoms with van der Waals surface area (Å²) >= 11 is 13.4. The highest BCUT2D eigenvalue weighted by Crippen LogP contribution is 2.25. The van der Waals surface area contributed by atoms with Gasteiger partial charge in [-0.15, -0.1) is 0 Å². The van der Waals surface area contributed by atoms with Crippen molar-refractivity contribution in [3.05, 3.63) is 52.4 Å². The topological polar surface area (TPSA) is 37.8 Å². The van der Waals surface area contributed by atoms with Crippen molar-refractivity contribution >= 4 is 49.3 Å². The highest BCUT2D eigenvalue weighted by Gasteiger charge is 2.15. The van der Waals surface area contributed by atoms with Gasteiger partial charge < -0.3 is 5.32 Å². The first-order valence-electron chi connectivity index (χ1n) is 6.61. The number of benzene rings is 1. The van der Waals surface area contributed by atoms with Gasteiger partial charge in [0.2, 0.25) is 0 Å². The van der Waals surface area contributed by atoms with Gasteiger partial charge >= 0.3 is 0 Å². The maximum atomic E-state index is 6.29. The Balaban J connectivity index is 2.20. The maximum absolute atomic E-state index is 6.29. The van der Waals surface area contributed by atoms with Crippen LogP contribution in [-0.2, 0) is 13.0 Å². The molecule has 0 amide bonds. The van der Waals surface area contributed by atoms with E-state index in [0.29, 0.717) is 22.3 Å². The van der Waals surface area contributed by atoms with E-state index in [0.717, 1.165) is 23.1 Å². The summed E-state index contributed by atoms with van der Waals surface area (Å²) in [5, 5.41) is 4.73. The summed E-state index contributed by atoms with van der Waals surface area (Å²) < 4.78 is 0. The number of halogens is 3. The molecule has 0 aliphatic heterocycles. The molecule has 21 heavy (non-hydrogen) atoms. The SMILES string of the molecule is Cc1nc(Cl)c(C[C@@H](Br)CBr)c(NCc2ccccc2)n1. The van der Waals surface area contributed by atoms with E-state index in [1.165, 1.54) is 5.56 Å². The molecule has 1 N–H and O–H groups in total. The Kier molecular flexibility index (Phi) is 6.45. The average molecular weight is 434 g/mol. The fraction of sp³-hybridized carbons (Fsp3) is 0.333. The lowest BCUT2D eigenvalue weighted by atomic mass is 10.1. The number of aryl methyl sites for hydroxylation is 1. The molecule has 0 radical (unpaired) electrons. The Morgan fingerprint density at radius 1 is 1.24 bits per heavy atom. The second-order valence-corrected chi connectivity index (χ2v) is 6.98. The Morgan fingerprint density at radius 2 is 1.95 bits per heavy atom. The number of aromatic nitrogens is 2. The number of nitrogens with one attached hydrogen (secondary N) is 1. The van der Waals surface area contributed by atoms with Crippen LogP contribution in [0.25, 0.3) is 0 Å². The normalized spacial score (nSPS) is 12.2. The lowest BCUT2D eigenvalue weighted by Gasteiger charge is -2.15. The van der Waals surface area contributed by atoms with Crippen LogP contribution in [0.2, 0.25) is 5.15 Å². The monoisotopic (exact) mass is 431 g/mol. The molecule has 3 nitrogen and oxygen atoms in total. The van der Waals surface area contributed by atoms with E-state index >= 15 is 0 Å². The molecule has 0 spiro atoms. The van der Waals surface area contributed by atoms with Crippen LogP contribution < -0.4 is 5.32 Å². The van der Waals surface area contributed by atoms with Crippen molar-refractivity contribution in [2.45, 2.75) is 24.7 Å². The predicted octanol–water partition coefficient (Wildman–Crippen LogP) is 4.75. The summed E-state index contributed by atoms with van der Waals surface area (Å²) in [5.41, 5.74) is 2.14. The number of hydrogen-bond donors (Lipinski definition) is 1. The van der Waals surface area contributed by atoms with Crippen molar-refractivity contribution in [2.24, 2.45) is 0 Å². The summed E-state index contributed by atoms with van der Waals surface area (Å²) in [6, 6.07) is 10.2. The van der Waals surface area contributed by atoms with Gasteiger partial charge in [-0.3, -0.25) is 0 Å². The van der Waals surface area contributed by atoms with Crippen LogP contribution in [0.3, 0.4) is 0 Å². The lowest BCUT2D eigenvalue weighted by molar-refractivity contribution is 0.920. The van der Waals surface area contributed by atoms with Gasteiger partial charge in [-0.2, -0.15) is 0 Å². The zero-order valence-electron chi connectivity index (χ0n) is 11.6. The molecule has 0 saturated carbocycles. The molecule has 1 heterocycles. The fourth-order valence-electron chi connectivity index (χ4n) is 1.95. The van der Waals surface area contributed by atoms with Crippen LogP contribution in [0.4, 0.5) is 5.82 Å². The standard InChI is InChI=1S/C15H16Br2ClN3/c1-10-20-14(18)13(7-12(17)8-16)15(21-10)19-9-11-5-3-2-4-6-11/h2-6,12H,7-9H2,1H3,(H,19,20,21)/t12-/m1/s1. The molecule has 6 heteroatoms. The lowest BCUT2D eigenvalue weighted by Crippen LogP contribution is -2.12. The molecule has 1 aromatic carbocycles. The maximum Gasteiger partial charge on any atom is 0.138 e. The molecule has 0 saturated heterocycles. The van der Waals surface area contributed by atoms with Crippen LogP contribution in [-0.4, -0.2) is 20.1 Å². The third-order valence-electron chi connectivity index (χ3n) is 2.96. The van der Waals surface area contributed by atoms with E-state index in [1.807, 2.05) is 25.1 Å². The van der Waals surface area contributed by atoms with Gasteiger partial charge in [0.15, 0.2) is 0 Å². The Bertz CT molecular complexity index is 593. The number of nitrogens with zero attached hydrogens (tertiary/aromatic N) is 2. The summed E-state index contributed by atoms with van der Waals surface area (Å²) in [7, 11) is 0. The van der Waals surface area contributed by atoms with Crippen LogP contribution >= 0.6 is 43.5 Å². The van der Waals surface area contributed by atoms with Crippen LogP contribution in [0, 0.1) is 6.92 Å². The van der Waals surface area contributed by atoms with E-state index < -0.39 is 0 Å². The van der Waals surface area contributed by atoms with Gasteiger partial charge in [-0.05, 0) is 18.9 Å². The first-order chi connectivity index (χ1) is 10.1. The van der Waals surface area contributed by atoms with E-state index in [-0.39, 0.29) is 0 Å². The van der Waals surface area contributed by atoms with E-state index in [1.54, 1.807) is 0 Å². The molecule has 0 aliphatic carbocycles. The van der Waals surface area contributed by atoms with Crippen LogP contribution in [0.5, 0.6) is 0 Å². The quantitative estimate of drug-likeness (QED) is 0.528. The molecule has 0 bridgehead atoms. The second kappa shape index (κ2) is 8.11. The smallest absolute Gasteiger partial charge is 0.138 e. The van der Waals surface area contributed by atoms with E-state index in [9.17, 15) is 0 Å². The highest BCUT2D eigenvalue weighted by molar-refractivity contribution is 9.12. The Hall–Kier alpha value is -0.650. The van der Waals surface area contributed by atoms with Crippen molar-refractivity contribution in [2.75, 3.05) is 10.6 Å². The molecule has 2 rings (SSSR count). The van der Waals surface area contributed by atoms with Crippen LogP contribution in [0.1, 0.15) is 17.0 Å². The third-order valence-corrected chi connectivity index (χ3v) is 5.57. The fourth-order valence-corrected chi connectivity index (χ4v) is 2.79. The van der Waals surface area contributed by atoms with Crippen molar-refractivity contribution in [3.63, 3.8) is 0 Å². The minimum absolute atomic E-state index is 0.290. The zero-order valence-corrected chi connectivity index (χ0v) is 15.5. The number of alkyl halides is 2. The van der Waals surface area contributed by atoms with Gasteiger partial charge in [0.1, 0.15) is 16.8 Å². The number of rotatable bonds is 6. The molecule has 0 aliphatic rings. The van der Waals surface area contributed by atoms with Crippen molar-refractivity contribution < 1.29 is 0 Å². The van der Waals surface area contributed by atoms with Gasteiger partial charge in [0.25, 0.3) is 0 Å². The average Bonchev–Trinajstić information content (AvgIpc) is 2.49. The molecule has 1 aromatic heterocycles. The van der Waals surface area contributed by atoms with Gasteiger partial charge in [-0.25, -0.2) is 9.97 Å². The third kappa shape index (κ3) is 4.94. The first-order valence-corrected chi connectivity index (χ1v) is 9.02. The molecular weight excluding hydrogens is 417 g/mol. The summed E-state index contributed by atoms with van der Waals surface area (Å²) in [6.45, 7) is 2.56.